The second kappa shape index (κ2) is 40.8. The number of nitrogens with one attached hydrogen (secondary N) is 6. The fraction of sp³-hybridized carbons (Fsp3) is 0.494. The number of amides is 8. The predicted molar refractivity (Wildman–Crippen MR) is 463 cm³/mol. The Morgan fingerprint density at radius 2 is 1.39 bits per heavy atom. The molecule has 0 spiro atoms. The second-order valence-electron chi connectivity index (χ2n) is 31.5. The number of unbranched alkanes of at least 4 members (excludes halogenated alkanes) is 7. The molecular formula is C85H106ClN17O13S3. The number of aromatic nitrogens is 6. The van der Waals surface area contributed by atoms with Crippen molar-refractivity contribution < 1.29 is 56.3 Å². The summed E-state index contributed by atoms with van der Waals surface area (Å²) in [6.45, 7) is 17.0. The Morgan fingerprint density at radius 1 is 0.706 bits per heavy atom. The zero-order valence-corrected chi connectivity index (χ0v) is 71.7. The van der Waals surface area contributed by atoms with Gasteiger partial charge in [-0.1, -0.05) is 103 Å². The van der Waals surface area contributed by atoms with Gasteiger partial charge in [0, 0.05) is 101 Å². The maximum atomic E-state index is 14.0. The van der Waals surface area contributed by atoms with Crippen LogP contribution >= 0.6 is 33.2 Å². The van der Waals surface area contributed by atoms with Gasteiger partial charge in [-0.05, 0) is 165 Å². The van der Waals surface area contributed by atoms with Gasteiger partial charge in [0.15, 0.2) is 21.4 Å². The number of piperazine rings is 1. The molecule has 1 saturated carbocycles. The van der Waals surface area contributed by atoms with E-state index in [4.69, 9.17) is 21.3 Å². The van der Waals surface area contributed by atoms with Gasteiger partial charge >= 0.3 is 0 Å². The quantitative estimate of drug-likeness (QED) is 0.00906. The molecule has 1 atom stereocenters. The molecule has 119 heavy (non-hydrogen) atoms. The van der Waals surface area contributed by atoms with Crippen molar-refractivity contribution in [3.05, 3.63) is 134 Å². The third-order valence-corrected chi connectivity index (χ3v) is 27.3. The number of likely N-dealkylation sites (tertiary alicyclic amines) is 1. The highest BCUT2D eigenvalue weighted by Crippen LogP contribution is 2.41. The molecule has 1 unspecified atom stereocenters. The molecule has 8 amide bonds. The van der Waals surface area contributed by atoms with E-state index in [-0.39, 0.29) is 136 Å². The van der Waals surface area contributed by atoms with Crippen molar-refractivity contribution in [2.45, 2.75) is 198 Å². The third kappa shape index (κ3) is 22.1. The van der Waals surface area contributed by atoms with E-state index < -0.39 is 50.7 Å². The number of carbonyl (C=O) groups excluding carboxylic acids is 9. The number of aryl methyl sites for hydroxylation is 2. The van der Waals surface area contributed by atoms with Gasteiger partial charge in [0.05, 0.1) is 81.2 Å². The lowest BCUT2D eigenvalue weighted by atomic mass is 9.86. The van der Waals surface area contributed by atoms with Gasteiger partial charge in [-0.2, -0.15) is 9.97 Å². The van der Waals surface area contributed by atoms with Crippen LogP contribution in [0.15, 0.2) is 95.0 Å². The molecule has 30 nitrogen and oxygen atoms in total. The summed E-state index contributed by atoms with van der Waals surface area (Å²) in [7, 11) is -0.573. The highest BCUT2D eigenvalue weighted by atomic mass is 35.5. The average Bonchev–Trinajstić information content (AvgIpc) is 1.69. The number of ketones is 1. The number of rotatable bonds is 38. The van der Waals surface area contributed by atoms with Crippen molar-refractivity contribution in [2.75, 3.05) is 103 Å². The molecule has 34 heteroatoms. The topological polar surface area (TPSA) is 372 Å². The minimum atomic E-state index is -3.62. The summed E-state index contributed by atoms with van der Waals surface area (Å²) in [5.74, 6) is -0.578. The zero-order chi connectivity index (χ0) is 84.6. The van der Waals surface area contributed by atoms with Gasteiger partial charge in [-0.25, -0.2) is 23.4 Å². The van der Waals surface area contributed by atoms with E-state index in [9.17, 15) is 56.4 Å². The van der Waals surface area contributed by atoms with E-state index in [1.807, 2.05) is 36.9 Å². The van der Waals surface area contributed by atoms with E-state index in [0.717, 1.165) is 105 Å². The number of sulfone groups is 1. The van der Waals surface area contributed by atoms with Crippen LogP contribution in [0.2, 0.25) is 5.02 Å². The van der Waals surface area contributed by atoms with Crippen molar-refractivity contribution >= 4 is 153 Å². The number of imide groups is 2. The number of carbonyl (C=O) groups is 9. The minimum Gasteiger partial charge on any atom is -0.489 e. The van der Waals surface area contributed by atoms with E-state index in [1.165, 1.54) is 57.8 Å². The van der Waals surface area contributed by atoms with Gasteiger partial charge in [0.25, 0.3) is 17.4 Å². The molecule has 0 bridgehead atoms. The standard InChI is InChI=1S/C85H106ClN17O13S3/c1-52(2)116-68-46-61(54(5)45-66(68)93-84-90-49-63(86)78(96-84)92-64-24-18-19-26-69(64)119(114,115)53(3)4)57-33-36-100(37-34-57)74(108)27-14-12-10-8-9-11-13-15-28-75(109)101(51-73(107)91-65-25-20-23-60-77(65)83(113)103(81(60)111)67-30-32-71(105)95-80(67)110)42-44-118-117-43-35-87-72(106)50-98-38-40-99(41-39-98)59-29-31-70(88-47-59)94-85-89-48-62-55(6)76(56(7)104)82(112)102(79(62)97-85)58-21-16-17-22-58/h18-20,23-26,29,31,45-49,52-53,57-58,67H,8-17,21-22,27-28,30,32-44,50-51H2,1-7H3,(H,87,106)(H,91,107)(H,95,105,110)(H,88,89,94,97)(H2,90,92,93,96). The van der Waals surface area contributed by atoms with E-state index in [0.29, 0.717) is 110 Å². The molecule has 4 fully saturated rings. The Labute approximate surface area is 706 Å². The smallest absolute Gasteiger partial charge is 0.264 e. The van der Waals surface area contributed by atoms with Crippen LogP contribution in [0.4, 0.5) is 46.3 Å². The number of halogens is 1. The van der Waals surface area contributed by atoms with Crippen LogP contribution in [0.3, 0.4) is 0 Å². The number of piperidine rings is 2. The van der Waals surface area contributed by atoms with Crippen LogP contribution in [-0.2, 0) is 38.6 Å². The second-order valence-corrected chi connectivity index (χ2v) is 37.1. The summed E-state index contributed by atoms with van der Waals surface area (Å²) in [4.78, 5) is 165. The molecule has 3 saturated heterocycles. The first-order chi connectivity index (χ1) is 57.2. The normalized spacial score (nSPS) is 16.2. The summed E-state index contributed by atoms with van der Waals surface area (Å²) in [6.07, 6.45) is 17.6. The van der Waals surface area contributed by atoms with Crippen LogP contribution in [0.1, 0.15) is 210 Å². The molecule has 0 radical (unpaired) electrons. The first-order valence-electron chi connectivity index (χ1n) is 41.3. The lowest BCUT2D eigenvalue weighted by molar-refractivity contribution is -0.136. The first-order valence-corrected chi connectivity index (χ1v) is 45.7. The monoisotopic (exact) mass is 1700 g/mol. The third-order valence-electron chi connectivity index (χ3n) is 22.4. The van der Waals surface area contributed by atoms with Crippen molar-refractivity contribution in [3.8, 4) is 5.75 Å². The van der Waals surface area contributed by atoms with Crippen LogP contribution < -0.4 is 47.1 Å². The van der Waals surface area contributed by atoms with E-state index in [1.54, 1.807) is 62.0 Å². The molecule has 8 heterocycles. The Kier molecular flexibility index (Phi) is 30.2. The summed E-state index contributed by atoms with van der Waals surface area (Å²) in [6, 6.07) is 17.7. The molecule has 6 N–H and O–H groups in total. The summed E-state index contributed by atoms with van der Waals surface area (Å²) >= 11 is 6.56. The summed E-state index contributed by atoms with van der Waals surface area (Å²) in [5, 5.41) is 17.8. The lowest BCUT2D eigenvalue weighted by Crippen LogP contribution is -2.54. The van der Waals surface area contributed by atoms with Crippen LogP contribution in [-0.4, -0.2) is 205 Å². The van der Waals surface area contributed by atoms with Crippen molar-refractivity contribution in [2.24, 2.45) is 0 Å². The first kappa shape index (κ1) is 88.2. The fourth-order valence-corrected chi connectivity index (χ4v) is 19.3. The molecule has 4 aliphatic heterocycles. The van der Waals surface area contributed by atoms with Crippen LogP contribution in [0, 0.1) is 13.8 Å². The van der Waals surface area contributed by atoms with Crippen molar-refractivity contribution in [3.63, 3.8) is 0 Å². The SMILES string of the molecule is CC(=O)c1c(C)c2cnc(Nc3ccc(N4CCN(CC(=O)NCCSSCCN(CC(=O)Nc5cccc6c5C(=O)N(C5CCC(=O)NC5=O)C6=O)C(=O)CCCCCCCCCCC(=O)N5CCC(c6cc(OC(C)C)c(Nc7ncc(Cl)c(Nc8ccccc8S(=O)(=O)C(C)C)n7)cc6C)CC5)CC4)cn3)nc2n(C2CCCC2)c1=O. The number of pyridine rings is 2. The fourth-order valence-electron chi connectivity index (χ4n) is 16.1. The lowest BCUT2D eigenvalue weighted by Gasteiger charge is -2.35. The largest absolute Gasteiger partial charge is 0.489 e. The Hall–Kier alpha value is -10.1. The Balaban J connectivity index is 0.556. The van der Waals surface area contributed by atoms with Gasteiger partial charge in [-0.3, -0.25) is 67.6 Å². The molecule has 634 valence electrons. The van der Waals surface area contributed by atoms with E-state index in [2.05, 4.69) is 74.6 Å². The molecule has 7 aromatic rings. The number of Topliss-reactive ketones (excluding diaryl/α,β-unsaturated/α-hetero) is 1. The Bertz CT molecular complexity index is 5110. The number of nitrogens with zero attached hydrogens (tertiary/aromatic N) is 11. The summed E-state index contributed by atoms with van der Waals surface area (Å²) in [5.41, 5.74) is 5.05. The molecule has 12 rings (SSSR count). The molecule has 4 aromatic heterocycles. The molecule has 1 aliphatic carbocycles. The van der Waals surface area contributed by atoms with Crippen molar-refractivity contribution in [1.82, 2.24) is 59.7 Å². The highest BCUT2D eigenvalue weighted by molar-refractivity contribution is 8.76. The molecular weight excluding hydrogens is 1600 g/mol. The average molecular weight is 1710 g/mol. The van der Waals surface area contributed by atoms with Gasteiger partial charge in [-0.15, -0.1) is 0 Å². The minimum absolute atomic E-state index is 0.00836. The number of hydrogen-bond donors (Lipinski definition) is 6. The summed E-state index contributed by atoms with van der Waals surface area (Å²) < 4.78 is 34.5. The zero-order valence-electron chi connectivity index (χ0n) is 68.5. The number of hydrogen-bond acceptors (Lipinski definition) is 25. The van der Waals surface area contributed by atoms with Crippen LogP contribution in [0.25, 0.3) is 11.0 Å². The Morgan fingerprint density at radius 3 is 2.09 bits per heavy atom. The number of fused-ring (bicyclic) bond motifs is 2. The van der Waals surface area contributed by atoms with Gasteiger partial charge in [0.1, 0.15) is 28.3 Å². The van der Waals surface area contributed by atoms with Gasteiger partial charge < -0.3 is 46.0 Å². The van der Waals surface area contributed by atoms with Crippen LogP contribution in [0.5, 0.6) is 5.75 Å². The number of benzene rings is 3. The highest BCUT2D eigenvalue weighted by Gasteiger charge is 2.46. The van der Waals surface area contributed by atoms with Crippen molar-refractivity contribution in [1.29, 1.82) is 0 Å². The van der Waals surface area contributed by atoms with E-state index >= 15 is 0 Å². The number of para-hydroxylation sites is 1. The number of anilines is 8. The number of ether oxygens (including phenoxy) is 1. The van der Waals surface area contributed by atoms with Gasteiger partial charge in [0.2, 0.25) is 47.3 Å². The molecule has 5 aliphatic rings. The molecule has 3 aromatic carbocycles. The maximum Gasteiger partial charge on any atom is 0.264 e. The predicted octanol–water partition coefficient (Wildman–Crippen LogP) is 12.6. The maximum absolute atomic E-state index is 14.0.